The smallest absolute Gasteiger partial charge is 0.257 e. The van der Waals surface area contributed by atoms with Crippen LogP contribution in [0.1, 0.15) is 45.1 Å². The molecule has 0 bridgehead atoms. The number of hydrogen-bond donors (Lipinski definition) is 2. The number of benzene rings is 2. The van der Waals surface area contributed by atoms with E-state index in [0.29, 0.717) is 16.5 Å². The summed E-state index contributed by atoms with van der Waals surface area (Å²) in [5, 5.41) is 22.3. The number of phenols is 1. The van der Waals surface area contributed by atoms with Crippen LogP contribution in [-0.2, 0) is 19.2 Å². The Bertz CT molecular complexity index is 1470. The summed E-state index contributed by atoms with van der Waals surface area (Å²) in [4.78, 5) is 53.4. The third-order valence-corrected chi connectivity index (χ3v) is 9.39. The number of ketones is 2. The highest BCUT2D eigenvalue weighted by Gasteiger charge is 2.64. The van der Waals surface area contributed by atoms with Gasteiger partial charge >= 0.3 is 0 Å². The maximum atomic E-state index is 14.0. The van der Waals surface area contributed by atoms with E-state index in [1.165, 1.54) is 0 Å². The summed E-state index contributed by atoms with van der Waals surface area (Å²) in [5.41, 5.74) is 1.45. The lowest BCUT2D eigenvalue weighted by Crippen LogP contribution is -2.55. The summed E-state index contributed by atoms with van der Waals surface area (Å²) in [6, 6.07) is 10.8. The number of aromatic hydroxyl groups is 1. The molecule has 0 spiro atoms. The molecule has 2 amide bonds. The van der Waals surface area contributed by atoms with E-state index in [1.54, 1.807) is 26.0 Å². The third-order valence-electron chi connectivity index (χ3n) is 9.39. The molecule has 1 saturated heterocycles. The molecular formula is C29H27NO6. The van der Waals surface area contributed by atoms with Crippen LogP contribution in [0.3, 0.4) is 0 Å². The molecule has 2 N–H and O–H groups in total. The van der Waals surface area contributed by atoms with Crippen LogP contribution in [0, 0.1) is 29.1 Å². The van der Waals surface area contributed by atoms with Gasteiger partial charge in [0, 0.05) is 17.2 Å². The van der Waals surface area contributed by atoms with Crippen molar-refractivity contribution in [1.29, 1.82) is 0 Å². The van der Waals surface area contributed by atoms with Gasteiger partial charge in [-0.1, -0.05) is 48.9 Å². The summed E-state index contributed by atoms with van der Waals surface area (Å²) in [7, 11) is 0. The van der Waals surface area contributed by atoms with Crippen LogP contribution in [0.25, 0.3) is 10.8 Å². The van der Waals surface area contributed by atoms with Gasteiger partial charge in [-0.05, 0) is 60.8 Å². The van der Waals surface area contributed by atoms with Gasteiger partial charge < -0.3 is 5.11 Å². The number of amides is 2. The highest BCUT2D eigenvalue weighted by Crippen LogP contribution is 2.63. The van der Waals surface area contributed by atoms with Gasteiger partial charge in [-0.15, -0.1) is 0 Å². The monoisotopic (exact) mass is 485 g/mol. The van der Waals surface area contributed by atoms with Gasteiger partial charge in [-0.3, -0.25) is 24.4 Å². The molecule has 184 valence electrons. The van der Waals surface area contributed by atoms with Gasteiger partial charge in [-0.25, -0.2) is 0 Å². The maximum absolute atomic E-state index is 14.0. The molecular weight excluding hydrogens is 458 g/mol. The number of imide groups is 1. The van der Waals surface area contributed by atoms with Crippen molar-refractivity contribution >= 4 is 34.2 Å². The van der Waals surface area contributed by atoms with E-state index < -0.39 is 46.8 Å². The first-order chi connectivity index (χ1) is 17.1. The Morgan fingerprint density at radius 2 is 1.61 bits per heavy atom. The molecule has 1 saturated carbocycles. The zero-order chi connectivity index (χ0) is 25.7. The van der Waals surface area contributed by atoms with Crippen molar-refractivity contribution in [2.45, 2.75) is 39.5 Å². The fourth-order valence-corrected chi connectivity index (χ4v) is 7.47. The largest absolute Gasteiger partial charge is 0.507 e. The number of carbonyl (C=O) groups is 4. The van der Waals surface area contributed by atoms with Crippen molar-refractivity contribution in [3.63, 3.8) is 0 Å². The average Bonchev–Trinajstić information content (AvgIpc) is 3.10. The summed E-state index contributed by atoms with van der Waals surface area (Å²) < 4.78 is 0. The number of Topliss-reactive ketones (excluding diaryl/α,β-unsaturated/α-hetero) is 2. The zero-order valence-corrected chi connectivity index (χ0v) is 20.3. The highest BCUT2D eigenvalue weighted by atomic mass is 16.5. The lowest BCUT2D eigenvalue weighted by molar-refractivity contribution is -0.173. The topological polar surface area (TPSA) is 112 Å². The third kappa shape index (κ3) is 2.66. The number of hydroxylamine groups is 2. The SMILES string of the molecule is CC1=C(C)C(=O)[C@@]2(C)[C@@H](c3ccc(O)c4ccccc34)C3=CC[C@@H]4C(=O)N(O)C(=O)[C@@H]4[C@@H]3C[C@H]2C1=O. The second-order valence-electron chi connectivity index (χ2n) is 10.8. The van der Waals surface area contributed by atoms with Crippen LogP contribution < -0.4 is 0 Å². The molecule has 36 heavy (non-hydrogen) atoms. The molecule has 2 fully saturated rings. The molecule has 0 aromatic heterocycles. The van der Waals surface area contributed by atoms with Crippen molar-refractivity contribution in [3.8, 4) is 5.75 Å². The van der Waals surface area contributed by atoms with Crippen molar-refractivity contribution in [2.75, 3.05) is 0 Å². The normalized spacial score (nSPS) is 34.1. The van der Waals surface area contributed by atoms with Crippen molar-refractivity contribution in [3.05, 3.63) is 64.8 Å². The van der Waals surface area contributed by atoms with E-state index in [4.69, 9.17) is 0 Å². The van der Waals surface area contributed by atoms with E-state index in [2.05, 4.69) is 0 Å². The van der Waals surface area contributed by atoms with E-state index in [-0.39, 0.29) is 35.2 Å². The van der Waals surface area contributed by atoms with Crippen LogP contribution in [0.2, 0.25) is 0 Å². The molecule has 3 aliphatic carbocycles. The van der Waals surface area contributed by atoms with Crippen LogP contribution >= 0.6 is 0 Å². The minimum atomic E-state index is -1.10. The van der Waals surface area contributed by atoms with Crippen LogP contribution in [0.5, 0.6) is 5.75 Å². The van der Waals surface area contributed by atoms with E-state index in [9.17, 15) is 29.5 Å². The quantitative estimate of drug-likeness (QED) is 0.358. The van der Waals surface area contributed by atoms with E-state index in [1.807, 2.05) is 37.3 Å². The van der Waals surface area contributed by atoms with Crippen LogP contribution in [-0.4, -0.2) is 38.8 Å². The molecule has 4 aliphatic rings. The zero-order valence-electron chi connectivity index (χ0n) is 20.3. The fourth-order valence-electron chi connectivity index (χ4n) is 7.47. The second-order valence-corrected chi connectivity index (χ2v) is 10.8. The molecule has 0 radical (unpaired) electrons. The standard InChI is InChI=1S/C29H27NO6/c1-13-14(2)26(33)29(3)21(25(13)32)12-20-18(8-9-19-23(20)28(35)30(36)27(19)34)24(29)17-10-11-22(31)16-7-5-4-6-15(16)17/h4-8,10-11,19-21,23-24,31,36H,9,12H2,1-3H3/t19-,20+,21-,23-,24-,29+/m0/s1. The molecule has 7 nitrogen and oxygen atoms in total. The Morgan fingerprint density at radius 1 is 0.917 bits per heavy atom. The number of phenolic OH excluding ortho intramolecular Hbond substituents is 1. The summed E-state index contributed by atoms with van der Waals surface area (Å²) in [6.45, 7) is 5.22. The van der Waals surface area contributed by atoms with Gasteiger partial charge in [0.15, 0.2) is 11.6 Å². The predicted molar refractivity (Wildman–Crippen MR) is 130 cm³/mol. The summed E-state index contributed by atoms with van der Waals surface area (Å²) >= 11 is 0. The van der Waals surface area contributed by atoms with E-state index in [0.717, 1.165) is 16.5 Å². The highest BCUT2D eigenvalue weighted by molar-refractivity contribution is 6.16. The molecule has 1 heterocycles. The molecule has 0 unspecified atom stereocenters. The lowest BCUT2D eigenvalue weighted by Gasteiger charge is -2.54. The number of carbonyl (C=O) groups excluding carboxylic acids is 4. The van der Waals surface area contributed by atoms with Gasteiger partial charge in [0.2, 0.25) is 0 Å². The van der Waals surface area contributed by atoms with Gasteiger partial charge in [0.05, 0.1) is 17.3 Å². The molecule has 6 rings (SSSR count). The fraction of sp³-hybridized carbons (Fsp3) is 0.379. The van der Waals surface area contributed by atoms with Crippen molar-refractivity contribution < 1.29 is 29.5 Å². The molecule has 6 atom stereocenters. The van der Waals surface area contributed by atoms with Gasteiger partial charge in [0.1, 0.15) is 5.75 Å². The Kier molecular flexibility index (Phi) is 4.74. The Labute approximate surface area is 208 Å². The number of fused-ring (bicyclic) bond motifs is 5. The average molecular weight is 486 g/mol. The first kappa shape index (κ1) is 22.9. The predicted octanol–water partition coefficient (Wildman–Crippen LogP) is 4.08. The molecule has 2 aromatic carbocycles. The number of nitrogens with zero attached hydrogens (tertiary/aromatic N) is 1. The van der Waals surface area contributed by atoms with Gasteiger partial charge in [-0.2, -0.15) is 5.06 Å². The minimum Gasteiger partial charge on any atom is -0.507 e. The van der Waals surface area contributed by atoms with Crippen molar-refractivity contribution in [1.82, 2.24) is 5.06 Å². The van der Waals surface area contributed by atoms with Gasteiger partial charge in [0.25, 0.3) is 11.8 Å². The minimum absolute atomic E-state index is 0.0918. The maximum Gasteiger partial charge on any atom is 0.257 e. The Morgan fingerprint density at radius 3 is 2.33 bits per heavy atom. The number of allylic oxidation sites excluding steroid dienone is 4. The lowest BCUT2D eigenvalue weighted by atomic mass is 9.46. The van der Waals surface area contributed by atoms with E-state index >= 15 is 0 Å². The number of hydrogen-bond acceptors (Lipinski definition) is 6. The second kappa shape index (κ2) is 7.46. The Balaban J connectivity index is 1.65. The molecule has 7 heteroatoms. The molecule has 2 aromatic rings. The summed E-state index contributed by atoms with van der Waals surface area (Å²) in [5.74, 6) is -4.46. The Hall–Kier alpha value is -3.58. The first-order valence-electron chi connectivity index (χ1n) is 12.3. The molecule has 1 aliphatic heterocycles. The first-order valence-corrected chi connectivity index (χ1v) is 12.3. The van der Waals surface area contributed by atoms with Crippen LogP contribution in [0.15, 0.2) is 59.2 Å². The van der Waals surface area contributed by atoms with Crippen LogP contribution in [0.4, 0.5) is 0 Å². The number of rotatable bonds is 1. The summed E-state index contributed by atoms with van der Waals surface area (Å²) in [6.07, 6.45) is 2.49. The van der Waals surface area contributed by atoms with Crippen molar-refractivity contribution in [2.24, 2.45) is 29.1 Å².